The minimum absolute atomic E-state index is 0.0437. The third kappa shape index (κ3) is 5.64. The van der Waals surface area contributed by atoms with Crippen molar-refractivity contribution in [2.24, 2.45) is 0 Å². The van der Waals surface area contributed by atoms with Crippen LogP contribution < -0.4 is 10.6 Å². The fourth-order valence-electron chi connectivity index (χ4n) is 2.27. The third-order valence-electron chi connectivity index (χ3n) is 3.87. The van der Waals surface area contributed by atoms with Crippen molar-refractivity contribution in [3.63, 3.8) is 0 Å². The predicted octanol–water partition coefficient (Wildman–Crippen LogP) is 2.76. The summed E-state index contributed by atoms with van der Waals surface area (Å²) in [4.78, 5) is 23.7. The number of hydrogen-bond acceptors (Lipinski definition) is 2. The van der Waals surface area contributed by atoms with Crippen LogP contribution in [0.4, 0.5) is 0 Å². The van der Waals surface area contributed by atoms with E-state index in [2.05, 4.69) is 22.5 Å². The van der Waals surface area contributed by atoms with Gasteiger partial charge in [-0.25, -0.2) is 0 Å². The smallest absolute Gasteiger partial charge is 0.251 e. The molecule has 0 atom stereocenters. The van der Waals surface area contributed by atoms with Crippen molar-refractivity contribution in [2.75, 3.05) is 6.54 Å². The van der Waals surface area contributed by atoms with Crippen LogP contribution in [0.5, 0.6) is 0 Å². The molecule has 1 aliphatic rings. The first-order valence-corrected chi connectivity index (χ1v) is 8.61. The van der Waals surface area contributed by atoms with E-state index in [1.165, 1.54) is 6.08 Å². The van der Waals surface area contributed by atoms with Crippen molar-refractivity contribution in [3.05, 3.63) is 77.4 Å². The minimum Gasteiger partial charge on any atom is -0.349 e. The highest BCUT2D eigenvalue weighted by Gasteiger charge is 2.23. The molecule has 0 saturated heterocycles. The SMILES string of the molecule is O=C(/C=C/c1ccc(C(=O)NC2CC2)cc1)NCC#Cc1ccccc1. The first-order valence-electron chi connectivity index (χ1n) is 8.61. The van der Waals surface area contributed by atoms with Crippen LogP contribution in [0.25, 0.3) is 6.08 Å². The summed E-state index contributed by atoms with van der Waals surface area (Å²) in [6.07, 6.45) is 5.31. The Morgan fingerprint density at radius 3 is 2.46 bits per heavy atom. The second-order valence-corrected chi connectivity index (χ2v) is 6.09. The lowest BCUT2D eigenvalue weighted by Crippen LogP contribution is -2.25. The molecule has 2 amide bonds. The van der Waals surface area contributed by atoms with Gasteiger partial charge in [0.15, 0.2) is 0 Å². The quantitative estimate of drug-likeness (QED) is 0.647. The van der Waals surface area contributed by atoms with E-state index in [9.17, 15) is 9.59 Å². The number of amides is 2. The molecule has 2 aromatic rings. The maximum Gasteiger partial charge on any atom is 0.251 e. The maximum atomic E-state index is 11.9. The molecule has 0 unspecified atom stereocenters. The molecule has 0 heterocycles. The fraction of sp³-hybridized carbons (Fsp3) is 0.182. The zero-order valence-electron chi connectivity index (χ0n) is 14.4. The molecule has 2 aromatic carbocycles. The van der Waals surface area contributed by atoms with Gasteiger partial charge in [0.05, 0.1) is 6.54 Å². The molecule has 3 rings (SSSR count). The van der Waals surface area contributed by atoms with Gasteiger partial charge >= 0.3 is 0 Å². The summed E-state index contributed by atoms with van der Waals surface area (Å²) in [5.74, 6) is 5.64. The Morgan fingerprint density at radius 2 is 1.77 bits per heavy atom. The Kier molecular flexibility index (Phi) is 5.84. The van der Waals surface area contributed by atoms with Gasteiger partial charge < -0.3 is 10.6 Å². The Hall–Kier alpha value is -3.32. The van der Waals surface area contributed by atoms with Crippen molar-refractivity contribution < 1.29 is 9.59 Å². The zero-order chi connectivity index (χ0) is 18.2. The van der Waals surface area contributed by atoms with Gasteiger partial charge in [0.1, 0.15) is 0 Å². The highest BCUT2D eigenvalue weighted by atomic mass is 16.2. The van der Waals surface area contributed by atoms with E-state index in [1.54, 1.807) is 18.2 Å². The lowest BCUT2D eigenvalue weighted by Gasteiger charge is -2.03. The maximum absolute atomic E-state index is 11.9. The van der Waals surface area contributed by atoms with Gasteiger partial charge in [-0.2, -0.15) is 0 Å². The number of carbonyl (C=O) groups excluding carboxylic acids is 2. The lowest BCUT2D eigenvalue weighted by molar-refractivity contribution is -0.116. The van der Waals surface area contributed by atoms with Crippen molar-refractivity contribution in [1.82, 2.24) is 10.6 Å². The van der Waals surface area contributed by atoms with Crippen LogP contribution in [0.2, 0.25) is 0 Å². The van der Waals surface area contributed by atoms with Crippen molar-refractivity contribution in [2.45, 2.75) is 18.9 Å². The molecule has 0 spiro atoms. The standard InChI is InChI=1S/C22H20N2O2/c25-21(23-16-4-7-17-5-2-1-3-6-17)15-10-18-8-11-19(12-9-18)22(26)24-20-13-14-20/h1-3,5-6,8-12,15,20H,13-14,16H2,(H,23,25)(H,24,26)/b15-10+. The molecule has 4 nitrogen and oxygen atoms in total. The zero-order valence-corrected chi connectivity index (χ0v) is 14.4. The second kappa shape index (κ2) is 8.68. The van der Waals surface area contributed by atoms with Crippen LogP contribution >= 0.6 is 0 Å². The summed E-state index contributed by atoms with van der Waals surface area (Å²) in [7, 11) is 0. The van der Waals surface area contributed by atoms with E-state index < -0.39 is 0 Å². The van der Waals surface area contributed by atoms with Crippen LogP contribution in [0, 0.1) is 11.8 Å². The van der Waals surface area contributed by atoms with E-state index in [4.69, 9.17) is 0 Å². The normalized spacial score (nSPS) is 12.9. The molecule has 4 heteroatoms. The van der Waals surface area contributed by atoms with Crippen LogP contribution in [0.15, 0.2) is 60.7 Å². The van der Waals surface area contributed by atoms with E-state index in [-0.39, 0.29) is 11.8 Å². The summed E-state index contributed by atoms with van der Waals surface area (Å²) in [6.45, 7) is 0.290. The van der Waals surface area contributed by atoms with Gasteiger partial charge in [-0.15, -0.1) is 0 Å². The van der Waals surface area contributed by atoms with E-state index in [0.717, 1.165) is 24.0 Å². The van der Waals surface area contributed by atoms with Gasteiger partial charge in [0.25, 0.3) is 5.91 Å². The van der Waals surface area contributed by atoms with E-state index in [1.807, 2.05) is 42.5 Å². The van der Waals surface area contributed by atoms with Crippen molar-refractivity contribution >= 4 is 17.9 Å². The van der Waals surface area contributed by atoms with Gasteiger partial charge in [-0.1, -0.05) is 42.2 Å². The summed E-state index contributed by atoms with van der Waals surface area (Å²) in [6, 6.07) is 17.1. The molecule has 1 saturated carbocycles. The molecule has 130 valence electrons. The first-order chi connectivity index (χ1) is 12.7. The van der Waals surface area contributed by atoms with Crippen molar-refractivity contribution in [3.8, 4) is 11.8 Å². The molecule has 26 heavy (non-hydrogen) atoms. The summed E-state index contributed by atoms with van der Waals surface area (Å²) < 4.78 is 0. The Morgan fingerprint density at radius 1 is 1.04 bits per heavy atom. The molecule has 2 N–H and O–H groups in total. The average molecular weight is 344 g/mol. The molecule has 0 bridgehead atoms. The Bertz CT molecular complexity index is 855. The molecule has 0 aliphatic heterocycles. The van der Waals surface area contributed by atoms with E-state index >= 15 is 0 Å². The molecular formula is C22H20N2O2. The Balaban J connectivity index is 1.45. The molecule has 1 fully saturated rings. The van der Waals surface area contributed by atoms with Crippen LogP contribution in [-0.2, 0) is 4.79 Å². The number of carbonyl (C=O) groups is 2. The third-order valence-corrected chi connectivity index (χ3v) is 3.87. The van der Waals surface area contributed by atoms with Crippen LogP contribution in [0.3, 0.4) is 0 Å². The topological polar surface area (TPSA) is 58.2 Å². The minimum atomic E-state index is -0.206. The number of rotatable bonds is 5. The predicted molar refractivity (Wildman–Crippen MR) is 102 cm³/mol. The first kappa shape index (κ1) is 17.5. The lowest BCUT2D eigenvalue weighted by atomic mass is 10.1. The van der Waals surface area contributed by atoms with Gasteiger partial charge in [-0.3, -0.25) is 9.59 Å². The summed E-state index contributed by atoms with van der Waals surface area (Å²) in [5, 5.41) is 5.66. The number of hydrogen-bond donors (Lipinski definition) is 2. The van der Waals surface area contributed by atoms with Gasteiger partial charge in [0, 0.05) is 23.2 Å². The monoisotopic (exact) mass is 344 g/mol. The highest BCUT2D eigenvalue weighted by molar-refractivity contribution is 5.95. The fourth-order valence-corrected chi connectivity index (χ4v) is 2.27. The largest absolute Gasteiger partial charge is 0.349 e. The number of benzene rings is 2. The van der Waals surface area contributed by atoms with Gasteiger partial charge in [0.2, 0.25) is 5.91 Å². The van der Waals surface area contributed by atoms with E-state index in [0.29, 0.717) is 18.2 Å². The average Bonchev–Trinajstić information content (AvgIpc) is 3.49. The van der Waals surface area contributed by atoms with Crippen LogP contribution in [-0.4, -0.2) is 24.4 Å². The molecule has 0 radical (unpaired) electrons. The van der Waals surface area contributed by atoms with Crippen molar-refractivity contribution in [1.29, 1.82) is 0 Å². The number of nitrogens with one attached hydrogen (secondary N) is 2. The molecular weight excluding hydrogens is 324 g/mol. The molecule has 1 aliphatic carbocycles. The summed E-state index contributed by atoms with van der Waals surface area (Å²) >= 11 is 0. The summed E-state index contributed by atoms with van der Waals surface area (Å²) in [5.41, 5.74) is 2.41. The van der Waals surface area contributed by atoms with Gasteiger partial charge in [-0.05, 0) is 48.7 Å². The molecule has 0 aromatic heterocycles. The Labute approximate surface area is 153 Å². The highest BCUT2D eigenvalue weighted by Crippen LogP contribution is 2.19. The second-order valence-electron chi connectivity index (χ2n) is 6.09. The van der Waals surface area contributed by atoms with Crippen LogP contribution in [0.1, 0.15) is 34.3 Å².